The number of benzene rings is 1. The van der Waals surface area contributed by atoms with Gasteiger partial charge in [0.15, 0.2) is 0 Å². The van der Waals surface area contributed by atoms with E-state index >= 15 is 0 Å². The zero-order valence-electron chi connectivity index (χ0n) is 12.0. The van der Waals surface area contributed by atoms with Crippen LogP contribution in [0.25, 0.3) is 0 Å². The van der Waals surface area contributed by atoms with E-state index in [1.165, 1.54) is 0 Å². The van der Waals surface area contributed by atoms with E-state index in [-0.39, 0.29) is 24.1 Å². The molecule has 0 fully saturated rings. The van der Waals surface area contributed by atoms with Crippen LogP contribution in [-0.4, -0.2) is 17.8 Å². The Kier molecular flexibility index (Phi) is 6.13. The number of rotatable bonds is 5. The van der Waals surface area contributed by atoms with Crippen LogP contribution >= 0.6 is 23.2 Å². The summed E-state index contributed by atoms with van der Waals surface area (Å²) in [5, 5.41) is 14.1. The fraction of sp³-hybridized carbons (Fsp3) is 0.600. The van der Waals surface area contributed by atoms with Crippen LogP contribution in [0.2, 0.25) is 10.0 Å². The van der Waals surface area contributed by atoms with Crippen LogP contribution < -0.4 is 5.32 Å². The third-order valence-corrected chi connectivity index (χ3v) is 3.92. The van der Waals surface area contributed by atoms with E-state index in [0.717, 1.165) is 5.56 Å². The predicted molar refractivity (Wildman–Crippen MR) is 83.0 cm³/mol. The fourth-order valence-electron chi connectivity index (χ4n) is 2.13. The molecular weight excluding hydrogens is 281 g/mol. The molecule has 2 atom stereocenters. The number of aliphatic hydroxyl groups excluding tert-OH is 1. The van der Waals surface area contributed by atoms with Crippen molar-refractivity contribution in [1.82, 2.24) is 5.32 Å². The van der Waals surface area contributed by atoms with E-state index in [2.05, 4.69) is 33.0 Å². The molecule has 2 nitrogen and oxygen atoms in total. The molecule has 0 heterocycles. The lowest BCUT2D eigenvalue weighted by Gasteiger charge is -2.34. The highest BCUT2D eigenvalue weighted by molar-refractivity contribution is 6.33. The van der Waals surface area contributed by atoms with Crippen LogP contribution in [0.1, 0.15) is 45.7 Å². The number of aliphatic hydroxyl groups is 1. The normalized spacial score (nSPS) is 15.3. The minimum Gasteiger partial charge on any atom is -0.396 e. The molecule has 1 aromatic carbocycles. The Morgan fingerprint density at radius 3 is 2.42 bits per heavy atom. The van der Waals surface area contributed by atoms with Gasteiger partial charge in [-0.2, -0.15) is 0 Å². The summed E-state index contributed by atoms with van der Waals surface area (Å²) in [7, 11) is 0. The van der Waals surface area contributed by atoms with Crippen molar-refractivity contribution in [3.63, 3.8) is 0 Å². The lowest BCUT2D eigenvalue weighted by atomic mass is 9.84. The standard InChI is InChI=1S/C15H23Cl2NO/c1-10(12-9-11(16)5-6-13(12)17)18-14(7-8-19)15(2,3)4/h5-6,9-10,14,18-19H,7-8H2,1-4H3. The first kappa shape index (κ1) is 16.8. The molecule has 1 rings (SSSR count). The van der Waals surface area contributed by atoms with Gasteiger partial charge in [0.1, 0.15) is 0 Å². The van der Waals surface area contributed by atoms with Gasteiger partial charge in [0.05, 0.1) is 0 Å². The maximum absolute atomic E-state index is 9.19. The monoisotopic (exact) mass is 303 g/mol. The molecule has 0 aliphatic heterocycles. The number of halogens is 2. The molecule has 19 heavy (non-hydrogen) atoms. The molecule has 4 heteroatoms. The van der Waals surface area contributed by atoms with E-state index in [4.69, 9.17) is 23.2 Å². The molecule has 0 aliphatic rings. The third-order valence-electron chi connectivity index (χ3n) is 3.34. The molecule has 0 aliphatic carbocycles. The molecule has 0 spiro atoms. The van der Waals surface area contributed by atoms with E-state index in [1.807, 2.05) is 12.1 Å². The molecule has 1 aromatic rings. The van der Waals surface area contributed by atoms with Gasteiger partial charge in [0.25, 0.3) is 0 Å². The molecule has 0 bridgehead atoms. The van der Waals surface area contributed by atoms with Crippen molar-refractivity contribution >= 4 is 23.2 Å². The summed E-state index contributed by atoms with van der Waals surface area (Å²) < 4.78 is 0. The van der Waals surface area contributed by atoms with Gasteiger partial charge in [0, 0.05) is 28.7 Å². The van der Waals surface area contributed by atoms with Gasteiger partial charge in [-0.1, -0.05) is 44.0 Å². The summed E-state index contributed by atoms with van der Waals surface area (Å²) in [6.45, 7) is 8.71. The average molecular weight is 304 g/mol. The molecule has 0 amide bonds. The van der Waals surface area contributed by atoms with Gasteiger partial charge in [-0.15, -0.1) is 0 Å². The summed E-state index contributed by atoms with van der Waals surface area (Å²) in [6, 6.07) is 5.79. The van der Waals surface area contributed by atoms with Gasteiger partial charge >= 0.3 is 0 Å². The second-order valence-corrected chi connectivity index (χ2v) is 6.83. The highest BCUT2D eigenvalue weighted by Crippen LogP contribution is 2.29. The highest BCUT2D eigenvalue weighted by Gasteiger charge is 2.26. The summed E-state index contributed by atoms with van der Waals surface area (Å²) in [5.41, 5.74) is 1.06. The summed E-state index contributed by atoms with van der Waals surface area (Å²) in [4.78, 5) is 0. The van der Waals surface area contributed by atoms with Gasteiger partial charge in [-0.3, -0.25) is 0 Å². The van der Waals surface area contributed by atoms with Crippen LogP contribution in [0.4, 0.5) is 0 Å². The molecule has 0 saturated carbocycles. The molecule has 0 saturated heterocycles. The second kappa shape index (κ2) is 6.94. The van der Waals surface area contributed by atoms with Crippen LogP contribution in [0.3, 0.4) is 0 Å². The summed E-state index contributed by atoms with van der Waals surface area (Å²) in [5.74, 6) is 0. The third kappa shape index (κ3) is 4.96. The van der Waals surface area contributed by atoms with E-state index in [1.54, 1.807) is 6.07 Å². The lowest BCUT2D eigenvalue weighted by Crippen LogP contribution is -2.42. The quantitative estimate of drug-likeness (QED) is 0.843. The van der Waals surface area contributed by atoms with Gasteiger partial charge in [-0.05, 0) is 42.5 Å². The number of nitrogens with one attached hydrogen (secondary N) is 1. The summed E-state index contributed by atoms with van der Waals surface area (Å²) >= 11 is 12.2. The van der Waals surface area contributed by atoms with Crippen molar-refractivity contribution in [1.29, 1.82) is 0 Å². The van der Waals surface area contributed by atoms with Gasteiger partial charge in [-0.25, -0.2) is 0 Å². The van der Waals surface area contributed by atoms with Crippen molar-refractivity contribution in [2.75, 3.05) is 6.61 Å². The largest absolute Gasteiger partial charge is 0.396 e. The first-order chi connectivity index (χ1) is 8.75. The molecule has 2 unspecified atom stereocenters. The minimum atomic E-state index is 0.0715. The summed E-state index contributed by atoms with van der Waals surface area (Å²) in [6.07, 6.45) is 0.714. The maximum Gasteiger partial charge on any atom is 0.0454 e. The maximum atomic E-state index is 9.19. The second-order valence-electron chi connectivity index (χ2n) is 5.99. The molecular formula is C15H23Cl2NO. The topological polar surface area (TPSA) is 32.3 Å². The first-order valence-corrected chi connectivity index (χ1v) is 7.33. The lowest BCUT2D eigenvalue weighted by molar-refractivity contribution is 0.188. The zero-order valence-corrected chi connectivity index (χ0v) is 13.5. The van der Waals surface area contributed by atoms with Crippen LogP contribution in [0, 0.1) is 5.41 Å². The average Bonchev–Trinajstić information content (AvgIpc) is 2.30. The predicted octanol–water partition coefficient (Wildman–Crippen LogP) is 4.44. The van der Waals surface area contributed by atoms with Crippen LogP contribution in [0.5, 0.6) is 0 Å². The minimum absolute atomic E-state index is 0.0715. The Hall–Kier alpha value is -0.280. The van der Waals surface area contributed by atoms with Crippen molar-refractivity contribution in [2.45, 2.75) is 46.2 Å². The molecule has 0 radical (unpaired) electrons. The first-order valence-electron chi connectivity index (χ1n) is 6.57. The molecule has 0 aromatic heterocycles. The Morgan fingerprint density at radius 2 is 1.89 bits per heavy atom. The molecule has 2 N–H and O–H groups in total. The van der Waals surface area contributed by atoms with Crippen LogP contribution in [-0.2, 0) is 0 Å². The number of hydrogen-bond acceptors (Lipinski definition) is 2. The van der Waals surface area contributed by atoms with E-state index in [0.29, 0.717) is 16.5 Å². The van der Waals surface area contributed by atoms with Gasteiger partial charge in [0.2, 0.25) is 0 Å². The molecule has 108 valence electrons. The SMILES string of the molecule is CC(NC(CCO)C(C)(C)C)c1cc(Cl)ccc1Cl. The zero-order chi connectivity index (χ0) is 14.6. The van der Waals surface area contributed by atoms with Crippen molar-refractivity contribution in [3.05, 3.63) is 33.8 Å². The van der Waals surface area contributed by atoms with Gasteiger partial charge < -0.3 is 10.4 Å². The Bertz CT molecular complexity index is 415. The Balaban J connectivity index is 2.87. The van der Waals surface area contributed by atoms with Crippen LogP contribution in [0.15, 0.2) is 18.2 Å². The number of hydrogen-bond donors (Lipinski definition) is 2. The highest BCUT2D eigenvalue weighted by atomic mass is 35.5. The Labute approximate surface area is 126 Å². The Morgan fingerprint density at radius 1 is 1.26 bits per heavy atom. The van der Waals surface area contributed by atoms with Crippen molar-refractivity contribution < 1.29 is 5.11 Å². The van der Waals surface area contributed by atoms with Crippen molar-refractivity contribution in [3.8, 4) is 0 Å². The van der Waals surface area contributed by atoms with E-state index in [9.17, 15) is 5.11 Å². The van der Waals surface area contributed by atoms with Crippen molar-refractivity contribution in [2.24, 2.45) is 5.41 Å². The van der Waals surface area contributed by atoms with E-state index < -0.39 is 0 Å². The fourth-order valence-corrected chi connectivity index (χ4v) is 2.60. The smallest absolute Gasteiger partial charge is 0.0454 e.